The van der Waals surface area contributed by atoms with Crippen molar-refractivity contribution < 1.29 is 32.1 Å². The van der Waals surface area contributed by atoms with E-state index in [0.717, 1.165) is 51.7 Å². The van der Waals surface area contributed by atoms with Crippen molar-refractivity contribution >= 4 is 31.9 Å². The Bertz CT molecular complexity index is 871. The molecule has 0 unspecified atom stereocenters. The molecule has 4 nitrogen and oxygen atoms in total. The molecule has 0 saturated carbocycles. The number of rotatable bonds is 13. The SMILES string of the molecule is CCc1cc(OCC=C(Br)Br)cc(CC)c1OCCCCOc1ccc(OC(F)(F)F)cc1. The maximum absolute atomic E-state index is 12.2. The molecule has 0 atom stereocenters. The molecule has 0 N–H and O–H groups in total. The van der Waals surface area contributed by atoms with Gasteiger partial charge in [-0.05, 0) is 111 Å². The highest BCUT2D eigenvalue weighted by Crippen LogP contribution is 2.31. The summed E-state index contributed by atoms with van der Waals surface area (Å²) < 4.78 is 58.8. The second-order valence-electron chi connectivity index (χ2n) is 7.01. The maximum Gasteiger partial charge on any atom is 0.573 e. The Morgan fingerprint density at radius 1 is 0.818 bits per heavy atom. The minimum absolute atomic E-state index is 0.273. The zero-order valence-electron chi connectivity index (χ0n) is 18.5. The van der Waals surface area contributed by atoms with E-state index in [4.69, 9.17) is 14.2 Å². The molecule has 0 amide bonds. The van der Waals surface area contributed by atoms with Crippen molar-refractivity contribution in [1.29, 1.82) is 0 Å². The van der Waals surface area contributed by atoms with Gasteiger partial charge in [0.2, 0.25) is 0 Å². The van der Waals surface area contributed by atoms with Gasteiger partial charge in [0, 0.05) is 0 Å². The molecule has 0 heterocycles. The summed E-state index contributed by atoms with van der Waals surface area (Å²) in [5.41, 5.74) is 2.20. The number of aryl methyl sites for hydroxylation is 2. The first kappa shape index (κ1) is 27.4. The van der Waals surface area contributed by atoms with E-state index < -0.39 is 6.36 Å². The molecule has 2 aromatic carbocycles. The molecule has 0 fully saturated rings. The van der Waals surface area contributed by atoms with E-state index in [1.54, 1.807) is 0 Å². The molecule has 0 spiro atoms. The summed E-state index contributed by atoms with van der Waals surface area (Å²) in [7, 11) is 0. The third-order valence-electron chi connectivity index (χ3n) is 4.58. The van der Waals surface area contributed by atoms with E-state index in [-0.39, 0.29) is 5.75 Å². The number of benzene rings is 2. The van der Waals surface area contributed by atoms with E-state index in [2.05, 4.69) is 50.4 Å². The standard InChI is InChI=1S/C24H27Br2F3O4/c1-3-17-15-21(31-14-11-22(25)26)16-18(4-2)23(17)32-13-6-5-12-30-19-7-9-20(10-8-19)33-24(27,28)29/h7-11,15-16H,3-6,12-14H2,1-2H3. The zero-order chi connectivity index (χ0) is 24.3. The fourth-order valence-corrected chi connectivity index (χ4v) is 3.29. The second-order valence-corrected chi connectivity index (χ2v) is 9.78. The smallest absolute Gasteiger partial charge is 0.494 e. The Morgan fingerprint density at radius 3 is 1.88 bits per heavy atom. The first-order chi connectivity index (χ1) is 15.7. The van der Waals surface area contributed by atoms with Crippen molar-refractivity contribution in [3.8, 4) is 23.0 Å². The van der Waals surface area contributed by atoms with E-state index >= 15 is 0 Å². The largest absolute Gasteiger partial charge is 0.573 e. The average molecular weight is 596 g/mol. The van der Waals surface area contributed by atoms with Crippen LogP contribution in [0.3, 0.4) is 0 Å². The third kappa shape index (κ3) is 10.3. The van der Waals surface area contributed by atoms with Gasteiger partial charge < -0.3 is 18.9 Å². The lowest BCUT2D eigenvalue weighted by atomic mass is 10.0. The van der Waals surface area contributed by atoms with Gasteiger partial charge in [-0.1, -0.05) is 13.8 Å². The number of hydrogen-bond donors (Lipinski definition) is 0. The van der Waals surface area contributed by atoms with Crippen LogP contribution in [0.2, 0.25) is 0 Å². The van der Waals surface area contributed by atoms with Crippen LogP contribution in [0.15, 0.2) is 45.9 Å². The molecular weight excluding hydrogens is 569 g/mol. The highest BCUT2D eigenvalue weighted by molar-refractivity contribution is 9.28. The highest BCUT2D eigenvalue weighted by Gasteiger charge is 2.30. The summed E-state index contributed by atoms with van der Waals surface area (Å²) in [5.74, 6) is 1.94. The predicted molar refractivity (Wildman–Crippen MR) is 130 cm³/mol. The first-order valence-corrected chi connectivity index (χ1v) is 12.2. The Hall–Kier alpha value is -1.87. The molecule has 2 aromatic rings. The summed E-state index contributed by atoms with van der Waals surface area (Å²) in [6, 6.07) is 9.39. The summed E-state index contributed by atoms with van der Waals surface area (Å²) >= 11 is 6.63. The Morgan fingerprint density at radius 2 is 1.36 bits per heavy atom. The minimum atomic E-state index is -4.70. The molecule has 0 radical (unpaired) electrons. The van der Waals surface area contributed by atoms with Gasteiger partial charge in [0.25, 0.3) is 0 Å². The lowest BCUT2D eigenvalue weighted by Crippen LogP contribution is -2.16. The van der Waals surface area contributed by atoms with Crippen LogP contribution in [-0.4, -0.2) is 26.2 Å². The van der Waals surface area contributed by atoms with Crippen LogP contribution < -0.4 is 18.9 Å². The molecule has 9 heteroatoms. The monoisotopic (exact) mass is 594 g/mol. The minimum Gasteiger partial charge on any atom is -0.494 e. The van der Waals surface area contributed by atoms with Gasteiger partial charge in [-0.2, -0.15) is 0 Å². The van der Waals surface area contributed by atoms with Crippen molar-refractivity contribution in [1.82, 2.24) is 0 Å². The summed E-state index contributed by atoms with van der Waals surface area (Å²) in [5, 5.41) is 0. The normalized spacial score (nSPS) is 11.1. The summed E-state index contributed by atoms with van der Waals surface area (Å²) in [6.07, 6.45) is 0.368. The van der Waals surface area contributed by atoms with Gasteiger partial charge in [0.1, 0.15) is 29.6 Å². The van der Waals surface area contributed by atoms with Gasteiger partial charge in [0.05, 0.1) is 16.6 Å². The predicted octanol–water partition coefficient (Wildman–Crippen LogP) is 7.96. The van der Waals surface area contributed by atoms with Crippen molar-refractivity contribution in [2.45, 2.75) is 45.9 Å². The molecule has 0 aromatic heterocycles. The lowest BCUT2D eigenvalue weighted by Gasteiger charge is -2.17. The summed E-state index contributed by atoms with van der Waals surface area (Å²) in [6.45, 7) is 5.60. The van der Waals surface area contributed by atoms with Crippen LogP contribution in [0.25, 0.3) is 0 Å². The van der Waals surface area contributed by atoms with Crippen LogP contribution >= 0.6 is 31.9 Å². The van der Waals surface area contributed by atoms with Crippen LogP contribution in [0, 0.1) is 0 Å². The number of unbranched alkanes of at least 4 members (excludes halogenated alkanes) is 1. The van der Waals surface area contributed by atoms with Gasteiger partial charge in [0.15, 0.2) is 0 Å². The quantitative estimate of drug-likeness (QED) is 0.220. The Balaban J connectivity index is 1.80. The average Bonchev–Trinajstić information content (AvgIpc) is 2.76. The molecule has 0 saturated heterocycles. The van der Waals surface area contributed by atoms with Crippen molar-refractivity contribution in [3.63, 3.8) is 0 Å². The van der Waals surface area contributed by atoms with E-state index in [1.165, 1.54) is 24.3 Å². The van der Waals surface area contributed by atoms with E-state index in [1.807, 2.05) is 18.2 Å². The first-order valence-electron chi connectivity index (χ1n) is 10.6. The zero-order valence-corrected chi connectivity index (χ0v) is 21.7. The summed E-state index contributed by atoms with van der Waals surface area (Å²) in [4.78, 5) is 0. The topological polar surface area (TPSA) is 36.9 Å². The van der Waals surface area contributed by atoms with Gasteiger partial charge in [-0.25, -0.2) is 0 Å². The maximum atomic E-state index is 12.2. The number of alkyl halides is 3. The molecule has 0 aliphatic rings. The number of hydrogen-bond acceptors (Lipinski definition) is 4. The van der Waals surface area contributed by atoms with Gasteiger partial charge in [-0.15, -0.1) is 13.2 Å². The highest BCUT2D eigenvalue weighted by atomic mass is 79.9. The molecule has 33 heavy (non-hydrogen) atoms. The van der Waals surface area contributed by atoms with E-state index in [9.17, 15) is 13.2 Å². The Kier molecular flexibility index (Phi) is 11.4. The van der Waals surface area contributed by atoms with Crippen molar-refractivity contribution in [2.75, 3.05) is 19.8 Å². The van der Waals surface area contributed by atoms with Crippen LogP contribution in [0.5, 0.6) is 23.0 Å². The number of ether oxygens (including phenoxy) is 4. The fraction of sp³-hybridized carbons (Fsp3) is 0.417. The lowest BCUT2D eigenvalue weighted by molar-refractivity contribution is -0.274. The van der Waals surface area contributed by atoms with Crippen molar-refractivity contribution in [2.24, 2.45) is 0 Å². The van der Waals surface area contributed by atoms with E-state index in [0.29, 0.717) is 25.6 Å². The number of halogens is 5. The molecule has 0 aliphatic carbocycles. The van der Waals surface area contributed by atoms with Gasteiger partial charge >= 0.3 is 6.36 Å². The molecular formula is C24H27Br2F3O4. The molecule has 182 valence electrons. The second kappa shape index (κ2) is 13.7. The van der Waals surface area contributed by atoms with Crippen LogP contribution in [0.4, 0.5) is 13.2 Å². The third-order valence-corrected chi connectivity index (χ3v) is 5.22. The van der Waals surface area contributed by atoms with Gasteiger partial charge in [-0.3, -0.25) is 0 Å². The molecule has 0 bridgehead atoms. The van der Waals surface area contributed by atoms with Crippen LogP contribution in [-0.2, 0) is 12.8 Å². The fourth-order valence-electron chi connectivity index (χ4n) is 3.02. The molecule has 0 aliphatic heterocycles. The van der Waals surface area contributed by atoms with Crippen LogP contribution in [0.1, 0.15) is 37.8 Å². The van der Waals surface area contributed by atoms with Crippen molar-refractivity contribution in [3.05, 3.63) is 57.0 Å². The molecule has 2 rings (SSSR count). The Labute approximate surface area is 209 Å².